The van der Waals surface area contributed by atoms with E-state index < -0.39 is 5.97 Å². The van der Waals surface area contributed by atoms with Gasteiger partial charge in [-0.3, -0.25) is 4.79 Å². The molecule has 0 aliphatic rings. The van der Waals surface area contributed by atoms with Crippen LogP contribution in [0.25, 0.3) is 11.3 Å². The third-order valence-electron chi connectivity index (χ3n) is 2.52. The lowest BCUT2D eigenvalue weighted by Crippen LogP contribution is -2.12. The number of carbonyl (C=O) groups excluding carboxylic acids is 1. The van der Waals surface area contributed by atoms with E-state index in [4.69, 9.17) is 21.1 Å². The average Bonchev–Trinajstić information content (AvgIpc) is 2.87. The number of carboxylic acids is 1. The van der Waals surface area contributed by atoms with E-state index in [9.17, 15) is 9.59 Å². The number of halogens is 1. The summed E-state index contributed by atoms with van der Waals surface area (Å²) in [4.78, 5) is 21.7. The molecule has 0 fully saturated rings. The molecule has 0 aliphatic carbocycles. The average molecular weight is 307 g/mol. The molecule has 108 valence electrons. The van der Waals surface area contributed by atoms with Gasteiger partial charge in [0.1, 0.15) is 11.5 Å². The topological polar surface area (TPSA) is 91.9 Å². The van der Waals surface area contributed by atoms with Gasteiger partial charge in [0, 0.05) is 12.5 Å². The van der Waals surface area contributed by atoms with Crippen LogP contribution in [0.4, 0.5) is 0 Å². The number of carboxylic acid groups (broad SMARTS) is 1. The van der Waals surface area contributed by atoms with Crippen molar-refractivity contribution in [3.05, 3.63) is 46.7 Å². The summed E-state index contributed by atoms with van der Waals surface area (Å²) in [6, 6.07) is 7.90. The number of amides is 1. The summed E-state index contributed by atoms with van der Waals surface area (Å²) in [7, 11) is 0. The summed E-state index contributed by atoms with van der Waals surface area (Å²) < 4.78 is 5.49. The van der Waals surface area contributed by atoms with E-state index >= 15 is 0 Å². The molecule has 0 bridgehead atoms. The molecule has 6 nitrogen and oxygen atoms in total. The third kappa shape index (κ3) is 3.70. The molecule has 0 spiro atoms. The maximum Gasteiger partial charge on any atom is 0.337 e. The predicted octanol–water partition coefficient (Wildman–Crippen LogP) is 2.77. The van der Waals surface area contributed by atoms with Crippen LogP contribution in [0.2, 0.25) is 5.02 Å². The number of hydrogen-bond acceptors (Lipinski definition) is 4. The largest absolute Gasteiger partial charge is 0.478 e. The zero-order chi connectivity index (χ0) is 15.4. The van der Waals surface area contributed by atoms with Gasteiger partial charge in [-0.25, -0.2) is 10.2 Å². The van der Waals surface area contributed by atoms with E-state index in [0.29, 0.717) is 17.1 Å². The maximum atomic E-state index is 11.0. The van der Waals surface area contributed by atoms with Gasteiger partial charge < -0.3 is 9.52 Å². The summed E-state index contributed by atoms with van der Waals surface area (Å²) in [5.74, 6) is -0.508. The van der Waals surface area contributed by atoms with Crippen molar-refractivity contribution in [1.82, 2.24) is 5.43 Å². The highest BCUT2D eigenvalue weighted by atomic mass is 35.5. The lowest BCUT2D eigenvalue weighted by molar-refractivity contribution is -0.118. The van der Waals surface area contributed by atoms with Gasteiger partial charge in [0.15, 0.2) is 0 Å². The molecule has 1 amide bonds. The Morgan fingerprint density at radius 2 is 2.10 bits per heavy atom. The van der Waals surface area contributed by atoms with Crippen molar-refractivity contribution in [3.8, 4) is 11.3 Å². The third-order valence-corrected chi connectivity index (χ3v) is 2.85. The van der Waals surface area contributed by atoms with E-state index in [1.54, 1.807) is 18.2 Å². The zero-order valence-electron chi connectivity index (χ0n) is 11.0. The van der Waals surface area contributed by atoms with Crippen LogP contribution in [0, 0.1) is 0 Å². The zero-order valence-corrected chi connectivity index (χ0v) is 11.7. The van der Waals surface area contributed by atoms with Crippen LogP contribution < -0.4 is 5.43 Å². The quantitative estimate of drug-likeness (QED) is 0.671. The van der Waals surface area contributed by atoms with Crippen LogP contribution in [-0.2, 0) is 4.79 Å². The summed E-state index contributed by atoms with van der Waals surface area (Å²) in [6.45, 7) is 1.34. The van der Waals surface area contributed by atoms with Crippen LogP contribution in [-0.4, -0.2) is 23.2 Å². The van der Waals surface area contributed by atoms with Crippen molar-refractivity contribution in [2.75, 3.05) is 0 Å². The minimum Gasteiger partial charge on any atom is -0.478 e. The first-order chi connectivity index (χ1) is 9.97. The van der Waals surface area contributed by atoms with Gasteiger partial charge in [-0.1, -0.05) is 11.6 Å². The Labute approximate surface area is 125 Å². The van der Waals surface area contributed by atoms with Crippen molar-refractivity contribution in [3.63, 3.8) is 0 Å². The number of rotatable bonds is 4. The number of furan rings is 1. The number of nitrogens with zero attached hydrogens (tertiary/aromatic N) is 1. The molecule has 2 aromatic rings. The lowest BCUT2D eigenvalue weighted by Gasteiger charge is -2.01. The first-order valence-corrected chi connectivity index (χ1v) is 6.28. The maximum absolute atomic E-state index is 11.0. The fraction of sp³-hybridized carbons (Fsp3) is 0.0714. The van der Waals surface area contributed by atoms with E-state index in [-0.39, 0.29) is 16.5 Å². The fourth-order valence-corrected chi connectivity index (χ4v) is 1.80. The Bertz CT molecular complexity index is 722. The molecule has 1 heterocycles. The van der Waals surface area contributed by atoms with Crippen LogP contribution in [0.15, 0.2) is 39.9 Å². The van der Waals surface area contributed by atoms with Gasteiger partial charge in [-0.05, 0) is 30.3 Å². The molecule has 7 heteroatoms. The van der Waals surface area contributed by atoms with E-state index in [0.717, 1.165) is 0 Å². The second-order valence-corrected chi connectivity index (χ2v) is 4.54. The first kappa shape index (κ1) is 14.8. The Hall–Kier alpha value is -2.60. The van der Waals surface area contributed by atoms with Gasteiger partial charge in [0.25, 0.3) is 0 Å². The van der Waals surface area contributed by atoms with Gasteiger partial charge >= 0.3 is 5.97 Å². The molecule has 2 rings (SSSR count). The first-order valence-electron chi connectivity index (χ1n) is 5.90. The van der Waals surface area contributed by atoms with E-state index in [1.165, 1.54) is 25.3 Å². The van der Waals surface area contributed by atoms with Crippen LogP contribution in [0.5, 0.6) is 0 Å². The number of benzene rings is 1. The molecule has 0 saturated heterocycles. The van der Waals surface area contributed by atoms with Crippen molar-refractivity contribution < 1.29 is 19.1 Å². The minimum atomic E-state index is -1.11. The van der Waals surface area contributed by atoms with Gasteiger partial charge in [0.05, 0.1) is 16.8 Å². The Morgan fingerprint density at radius 1 is 1.33 bits per heavy atom. The molecule has 21 heavy (non-hydrogen) atoms. The molecule has 0 atom stereocenters. The monoisotopic (exact) mass is 306 g/mol. The fourth-order valence-electron chi connectivity index (χ4n) is 1.61. The van der Waals surface area contributed by atoms with Gasteiger partial charge in [-0.15, -0.1) is 0 Å². The van der Waals surface area contributed by atoms with Gasteiger partial charge in [0.2, 0.25) is 5.91 Å². The van der Waals surface area contributed by atoms with Crippen molar-refractivity contribution in [2.45, 2.75) is 6.92 Å². The van der Waals surface area contributed by atoms with Crippen molar-refractivity contribution >= 4 is 29.7 Å². The minimum absolute atomic E-state index is 0.000898. The number of nitrogens with one attached hydrogen (secondary N) is 1. The Kier molecular flexibility index (Phi) is 4.39. The van der Waals surface area contributed by atoms with Gasteiger partial charge in [-0.2, -0.15) is 5.10 Å². The standard InChI is InChI=1S/C14H11ClN2O4/c1-8(18)17-16-7-10-3-5-13(21-10)9-2-4-12(15)11(6-9)14(19)20/h2-7H,1H3,(H,17,18)(H,19,20)/b16-7+. The molecule has 0 aliphatic heterocycles. The molecule has 0 radical (unpaired) electrons. The number of aromatic carboxylic acids is 1. The smallest absolute Gasteiger partial charge is 0.337 e. The lowest BCUT2D eigenvalue weighted by atomic mass is 10.1. The summed E-state index contributed by atoms with van der Waals surface area (Å²) in [5.41, 5.74) is 2.83. The molecule has 2 N–H and O–H groups in total. The highest BCUT2D eigenvalue weighted by Crippen LogP contribution is 2.26. The number of hydrazone groups is 1. The predicted molar refractivity (Wildman–Crippen MR) is 77.5 cm³/mol. The summed E-state index contributed by atoms with van der Waals surface area (Å²) >= 11 is 5.81. The second kappa shape index (κ2) is 6.23. The van der Waals surface area contributed by atoms with E-state index in [1.807, 2.05) is 0 Å². The number of hydrogen-bond donors (Lipinski definition) is 2. The molecule has 1 aromatic carbocycles. The van der Waals surface area contributed by atoms with E-state index in [2.05, 4.69) is 10.5 Å². The summed E-state index contributed by atoms with van der Waals surface area (Å²) in [5, 5.41) is 12.9. The number of carbonyl (C=O) groups is 2. The Balaban J connectivity index is 2.25. The molecular formula is C14H11ClN2O4. The Morgan fingerprint density at radius 3 is 2.76 bits per heavy atom. The second-order valence-electron chi connectivity index (χ2n) is 4.13. The molecule has 0 unspecified atom stereocenters. The molecular weight excluding hydrogens is 296 g/mol. The molecule has 1 aromatic heterocycles. The highest BCUT2D eigenvalue weighted by molar-refractivity contribution is 6.33. The highest BCUT2D eigenvalue weighted by Gasteiger charge is 2.12. The summed E-state index contributed by atoms with van der Waals surface area (Å²) in [6.07, 6.45) is 1.35. The normalized spacial score (nSPS) is 10.8. The van der Waals surface area contributed by atoms with Crippen LogP contribution >= 0.6 is 11.6 Å². The van der Waals surface area contributed by atoms with Crippen molar-refractivity contribution in [2.24, 2.45) is 5.10 Å². The van der Waals surface area contributed by atoms with Crippen LogP contribution in [0.1, 0.15) is 23.0 Å². The SMILES string of the molecule is CC(=O)N/N=C/c1ccc(-c2ccc(Cl)c(C(=O)O)c2)o1. The molecule has 0 saturated carbocycles. The van der Waals surface area contributed by atoms with Crippen molar-refractivity contribution in [1.29, 1.82) is 0 Å². The van der Waals surface area contributed by atoms with Crippen LogP contribution in [0.3, 0.4) is 0 Å².